The van der Waals surface area contributed by atoms with Crippen LogP contribution in [0.25, 0.3) is 0 Å². The summed E-state index contributed by atoms with van der Waals surface area (Å²) in [4.78, 5) is 14.8. The molecule has 0 aromatic heterocycles. The van der Waals surface area contributed by atoms with E-state index in [1.54, 1.807) is 0 Å². The maximum absolute atomic E-state index is 12.4. The Morgan fingerprint density at radius 3 is 1.51 bits per heavy atom. The molecule has 1 rings (SSSR count). The molecule has 1 unspecified atom stereocenters. The SMILES string of the molecule is CCCCC/C=C\C/C=C\CCCCCCCCOCC(COC(=O)CCCN1CCC1)OCCCCCCCC/C=C\C/C=C\CCCCC. The Labute approximate surface area is 317 Å². The number of unbranched alkanes of at least 4 members (excludes halogenated alkanes) is 18. The highest BCUT2D eigenvalue weighted by Crippen LogP contribution is 2.12. The van der Waals surface area contributed by atoms with Crippen LogP contribution in [0.4, 0.5) is 0 Å². The molecule has 1 heterocycles. The number of hydrogen-bond donors (Lipinski definition) is 0. The van der Waals surface area contributed by atoms with Gasteiger partial charge in [-0.15, -0.1) is 0 Å². The number of likely N-dealkylation sites (tertiary alicyclic amines) is 1. The summed E-state index contributed by atoms with van der Waals surface area (Å²) < 4.78 is 17.8. The molecule has 1 atom stereocenters. The van der Waals surface area contributed by atoms with E-state index in [1.807, 2.05) is 0 Å². The third kappa shape index (κ3) is 35.1. The Morgan fingerprint density at radius 2 is 1.02 bits per heavy atom. The maximum atomic E-state index is 12.4. The molecule has 0 amide bonds. The van der Waals surface area contributed by atoms with Crippen molar-refractivity contribution < 1.29 is 19.0 Å². The molecule has 51 heavy (non-hydrogen) atoms. The number of nitrogens with zero attached hydrogens (tertiary/aromatic N) is 1. The van der Waals surface area contributed by atoms with Crippen LogP contribution in [-0.2, 0) is 19.0 Å². The Balaban J connectivity index is 2.10. The van der Waals surface area contributed by atoms with Gasteiger partial charge in [0.05, 0.1) is 6.61 Å². The molecular weight excluding hydrogens is 631 g/mol. The van der Waals surface area contributed by atoms with Crippen molar-refractivity contribution in [2.24, 2.45) is 0 Å². The largest absolute Gasteiger partial charge is 0.463 e. The lowest BCUT2D eigenvalue weighted by Crippen LogP contribution is -2.37. The van der Waals surface area contributed by atoms with Crippen molar-refractivity contribution in [3.63, 3.8) is 0 Å². The summed E-state index contributed by atoms with van der Waals surface area (Å²) in [6.45, 7) is 10.1. The minimum absolute atomic E-state index is 0.108. The first-order valence-corrected chi connectivity index (χ1v) is 21.9. The highest BCUT2D eigenvalue weighted by molar-refractivity contribution is 5.69. The predicted octanol–water partition coefficient (Wildman–Crippen LogP) is 13.0. The van der Waals surface area contributed by atoms with Crippen LogP contribution in [0.5, 0.6) is 0 Å². The quantitative estimate of drug-likeness (QED) is 0.0360. The number of allylic oxidation sites excluding steroid dienone is 8. The fourth-order valence-corrected chi connectivity index (χ4v) is 6.20. The van der Waals surface area contributed by atoms with Crippen molar-refractivity contribution in [2.45, 2.75) is 193 Å². The number of esters is 1. The summed E-state index contributed by atoms with van der Waals surface area (Å²) in [5, 5.41) is 0. The minimum atomic E-state index is -0.174. The van der Waals surface area contributed by atoms with Crippen molar-refractivity contribution in [3.05, 3.63) is 48.6 Å². The average molecular weight is 714 g/mol. The van der Waals surface area contributed by atoms with Gasteiger partial charge in [-0.25, -0.2) is 0 Å². The normalized spacial score (nSPS) is 14.5. The van der Waals surface area contributed by atoms with Gasteiger partial charge in [0.15, 0.2) is 0 Å². The number of ether oxygens (including phenoxy) is 3. The average Bonchev–Trinajstić information content (AvgIpc) is 3.12. The lowest BCUT2D eigenvalue weighted by Gasteiger charge is -2.30. The van der Waals surface area contributed by atoms with Crippen LogP contribution in [0.15, 0.2) is 48.6 Å². The van der Waals surface area contributed by atoms with E-state index in [4.69, 9.17) is 14.2 Å². The van der Waals surface area contributed by atoms with Gasteiger partial charge in [-0.1, -0.05) is 140 Å². The predicted molar refractivity (Wildman–Crippen MR) is 221 cm³/mol. The molecule has 1 aliphatic rings. The van der Waals surface area contributed by atoms with Gasteiger partial charge >= 0.3 is 5.97 Å². The van der Waals surface area contributed by atoms with Gasteiger partial charge in [0, 0.05) is 19.6 Å². The Bertz CT molecular complexity index is 846. The molecule has 5 heteroatoms. The fraction of sp³-hybridized carbons (Fsp3) is 0.804. The van der Waals surface area contributed by atoms with Gasteiger partial charge in [0.1, 0.15) is 12.7 Å². The molecule has 1 fully saturated rings. The summed E-state index contributed by atoms with van der Waals surface area (Å²) in [6, 6.07) is 0. The van der Waals surface area contributed by atoms with E-state index < -0.39 is 0 Å². The van der Waals surface area contributed by atoms with Gasteiger partial charge in [0.2, 0.25) is 0 Å². The molecule has 0 N–H and O–H groups in total. The Morgan fingerprint density at radius 1 is 0.549 bits per heavy atom. The van der Waals surface area contributed by atoms with E-state index >= 15 is 0 Å². The van der Waals surface area contributed by atoms with Gasteiger partial charge < -0.3 is 19.1 Å². The minimum Gasteiger partial charge on any atom is -0.463 e. The van der Waals surface area contributed by atoms with Crippen LogP contribution >= 0.6 is 0 Å². The van der Waals surface area contributed by atoms with E-state index in [9.17, 15) is 4.79 Å². The summed E-state index contributed by atoms with van der Waals surface area (Å²) in [5.74, 6) is -0.108. The summed E-state index contributed by atoms with van der Waals surface area (Å²) in [7, 11) is 0. The lowest BCUT2D eigenvalue weighted by molar-refractivity contribution is -0.150. The molecule has 0 bridgehead atoms. The lowest BCUT2D eigenvalue weighted by atomic mass is 10.1. The summed E-state index contributed by atoms with van der Waals surface area (Å²) in [6.07, 6.45) is 50.9. The zero-order valence-electron chi connectivity index (χ0n) is 33.8. The first-order valence-electron chi connectivity index (χ1n) is 21.9. The number of rotatable bonds is 39. The van der Waals surface area contributed by atoms with Crippen molar-refractivity contribution in [1.82, 2.24) is 4.90 Å². The zero-order chi connectivity index (χ0) is 36.6. The van der Waals surface area contributed by atoms with Crippen molar-refractivity contribution >= 4 is 5.97 Å². The number of hydrogen-bond acceptors (Lipinski definition) is 5. The highest BCUT2D eigenvalue weighted by atomic mass is 16.6. The van der Waals surface area contributed by atoms with Crippen LogP contribution < -0.4 is 0 Å². The molecule has 0 saturated carbocycles. The zero-order valence-corrected chi connectivity index (χ0v) is 33.8. The van der Waals surface area contributed by atoms with Crippen molar-refractivity contribution in [3.8, 4) is 0 Å². The van der Waals surface area contributed by atoms with Crippen LogP contribution in [-0.4, -0.2) is 63.0 Å². The third-order valence-electron chi connectivity index (χ3n) is 9.73. The van der Waals surface area contributed by atoms with Crippen molar-refractivity contribution in [2.75, 3.05) is 46.1 Å². The molecule has 296 valence electrons. The number of carbonyl (C=O) groups is 1. The second kappa shape index (κ2) is 39.5. The van der Waals surface area contributed by atoms with E-state index in [0.29, 0.717) is 26.2 Å². The van der Waals surface area contributed by atoms with E-state index in [2.05, 4.69) is 67.4 Å². The first kappa shape index (κ1) is 47.3. The second-order valence-corrected chi connectivity index (χ2v) is 14.7. The third-order valence-corrected chi connectivity index (χ3v) is 9.73. The van der Waals surface area contributed by atoms with Crippen LogP contribution in [0.1, 0.15) is 187 Å². The molecule has 1 saturated heterocycles. The summed E-state index contributed by atoms with van der Waals surface area (Å²) >= 11 is 0. The molecule has 0 aliphatic carbocycles. The molecular formula is C46H83NO4. The van der Waals surface area contributed by atoms with Crippen LogP contribution in [0.3, 0.4) is 0 Å². The Kier molecular flexibility index (Phi) is 36.7. The Hall–Kier alpha value is -1.69. The fourth-order valence-electron chi connectivity index (χ4n) is 6.20. The van der Waals surface area contributed by atoms with E-state index in [-0.39, 0.29) is 12.1 Å². The van der Waals surface area contributed by atoms with Gasteiger partial charge in [0.25, 0.3) is 0 Å². The first-order chi connectivity index (χ1) is 25.3. The van der Waals surface area contributed by atoms with E-state index in [0.717, 1.165) is 45.3 Å². The van der Waals surface area contributed by atoms with Gasteiger partial charge in [-0.3, -0.25) is 4.79 Å². The molecule has 5 nitrogen and oxygen atoms in total. The van der Waals surface area contributed by atoms with E-state index in [1.165, 1.54) is 148 Å². The van der Waals surface area contributed by atoms with Gasteiger partial charge in [-0.2, -0.15) is 0 Å². The summed E-state index contributed by atoms with van der Waals surface area (Å²) in [5.41, 5.74) is 0. The molecule has 0 aromatic rings. The smallest absolute Gasteiger partial charge is 0.305 e. The number of carbonyl (C=O) groups excluding carboxylic acids is 1. The molecule has 0 spiro atoms. The maximum Gasteiger partial charge on any atom is 0.305 e. The van der Waals surface area contributed by atoms with Crippen LogP contribution in [0, 0.1) is 0 Å². The molecule has 1 aliphatic heterocycles. The molecule has 0 aromatic carbocycles. The monoisotopic (exact) mass is 714 g/mol. The second-order valence-electron chi connectivity index (χ2n) is 14.7. The van der Waals surface area contributed by atoms with Gasteiger partial charge in [-0.05, 0) is 110 Å². The van der Waals surface area contributed by atoms with Crippen LogP contribution in [0.2, 0.25) is 0 Å². The molecule has 0 radical (unpaired) electrons. The topological polar surface area (TPSA) is 48.0 Å². The standard InChI is InChI=1S/C46H83NO4/c1-3-5-7-9-11-13-15-17-19-21-23-25-27-29-31-33-41-49-43-45(44-51-46(48)37-35-38-47-39-36-40-47)50-42-34-32-30-28-26-24-22-20-18-16-14-12-10-8-6-4-2/h11-14,17-20,45H,3-10,15-16,21-44H2,1-2H3/b13-11-,14-12-,19-17-,20-18-. The van der Waals surface area contributed by atoms with Crippen molar-refractivity contribution in [1.29, 1.82) is 0 Å². The highest BCUT2D eigenvalue weighted by Gasteiger charge is 2.16.